The average Bonchev–Trinajstić information content (AvgIpc) is 2.62. The van der Waals surface area contributed by atoms with Gasteiger partial charge < -0.3 is 4.74 Å². The summed E-state index contributed by atoms with van der Waals surface area (Å²) in [5, 5.41) is 5.26. The number of halogens is 1. The lowest BCUT2D eigenvalue weighted by Gasteiger charge is -2.31. The van der Waals surface area contributed by atoms with E-state index in [1.807, 2.05) is 0 Å². The molecular weight excluding hydrogens is 293 g/mol. The summed E-state index contributed by atoms with van der Waals surface area (Å²) < 4.78 is 41.7. The minimum Gasteiger partial charge on any atom is -0.493 e. The molecule has 2 rings (SSSR count). The molecule has 0 heterocycles. The van der Waals surface area contributed by atoms with Crippen LogP contribution in [-0.2, 0) is 10.0 Å². The molecule has 0 aliphatic heterocycles. The number of benzene rings is 1. The number of nitrogens with two attached hydrogens (primary N) is 1. The number of ether oxygens (including phenoxy) is 1. The maximum atomic E-state index is 12.9. The smallest absolute Gasteiger partial charge is 0.209 e. The van der Waals surface area contributed by atoms with E-state index in [4.69, 9.17) is 9.88 Å². The van der Waals surface area contributed by atoms with Crippen LogP contribution < -0.4 is 9.88 Å². The molecule has 0 spiro atoms. The maximum Gasteiger partial charge on any atom is 0.209 e. The normalized spacial score (nSPS) is 19.0. The molecular formula is C15H22FNO3S. The Bertz CT molecular complexity index is 549. The SMILES string of the molecule is NS(=O)(=O)CC1(COc2ccc(F)cc2)CCCCCC1. The zero-order chi connectivity index (χ0) is 15.3. The van der Waals surface area contributed by atoms with E-state index in [2.05, 4.69) is 0 Å². The van der Waals surface area contributed by atoms with Crippen molar-refractivity contribution in [2.45, 2.75) is 38.5 Å². The molecule has 0 aromatic heterocycles. The average molecular weight is 315 g/mol. The van der Waals surface area contributed by atoms with Crippen molar-refractivity contribution in [1.82, 2.24) is 0 Å². The summed E-state index contributed by atoms with van der Waals surface area (Å²) in [7, 11) is -3.55. The van der Waals surface area contributed by atoms with Crippen LogP contribution in [-0.4, -0.2) is 20.8 Å². The molecule has 2 N–H and O–H groups in total. The number of rotatable bonds is 5. The van der Waals surface area contributed by atoms with E-state index >= 15 is 0 Å². The number of sulfonamides is 1. The molecule has 118 valence electrons. The summed E-state index contributed by atoms with van der Waals surface area (Å²) in [6.45, 7) is 0.301. The second kappa shape index (κ2) is 6.75. The van der Waals surface area contributed by atoms with Gasteiger partial charge in [-0.1, -0.05) is 25.7 Å². The second-order valence-corrected chi connectivity index (χ2v) is 7.58. The molecule has 0 saturated heterocycles. The summed E-state index contributed by atoms with van der Waals surface area (Å²) >= 11 is 0. The Morgan fingerprint density at radius 1 is 1.10 bits per heavy atom. The van der Waals surface area contributed by atoms with E-state index in [1.165, 1.54) is 12.1 Å². The minimum absolute atomic E-state index is 0.0544. The van der Waals surface area contributed by atoms with Gasteiger partial charge in [-0.25, -0.2) is 17.9 Å². The quantitative estimate of drug-likeness (QED) is 0.849. The van der Waals surface area contributed by atoms with Gasteiger partial charge in [-0.2, -0.15) is 0 Å². The fourth-order valence-corrected chi connectivity index (χ4v) is 4.23. The lowest BCUT2D eigenvalue weighted by Crippen LogP contribution is -2.38. The Kier molecular flexibility index (Phi) is 5.22. The summed E-state index contributed by atoms with van der Waals surface area (Å²) in [6.07, 6.45) is 5.80. The molecule has 6 heteroatoms. The van der Waals surface area contributed by atoms with Crippen molar-refractivity contribution in [2.24, 2.45) is 10.6 Å². The monoisotopic (exact) mass is 315 g/mol. The van der Waals surface area contributed by atoms with Crippen molar-refractivity contribution >= 4 is 10.0 Å². The molecule has 0 bridgehead atoms. The van der Waals surface area contributed by atoms with E-state index in [9.17, 15) is 12.8 Å². The van der Waals surface area contributed by atoms with Crippen LogP contribution in [0.25, 0.3) is 0 Å². The predicted octanol–water partition coefficient (Wildman–Crippen LogP) is 2.83. The molecule has 0 atom stereocenters. The highest BCUT2D eigenvalue weighted by Gasteiger charge is 2.35. The van der Waals surface area contributed by atoms with Crippen LogP contribution >= 0.6 is 0 Å². The Balaban J connectivity index is 2.09. The van der Waals surface area contributed by atoms with Crippen LogP contribution in [0, 0.1) is 11.2 Å². The first-order valence-electron chi connectivity index (χ1n) is 7.28. The largest absolute Gasteiger partial charge is 0.493 e. The molecule has 1 aromatic carbocycles. The molecule has 0 unspecified atom stereocenters. The maximum absolute atomic E-state index is 12.9. The molecule has 1 aliphatic carbocycles. The first-order chi connectivity index (χ1) is 9.89. The Hall–Kier alpha value is -1.14. The van der Waals surface area contributed by atoms with Gasteiger partial charge in [-0.05, 0) is 37.1 Å². The van der Waals surface area contributed by atoms with Crippen LogP contribution in [0.1, 0.15) is 38.5 Å². The van der Waals surface area contributed by atoms with Crippen molar-refractivity contribution in [3.63, 3.8) is 0 Å². The lowest BCUT2D eigenvalue weighted by molar-refractivity contribution is 0.146. The van der Waals surface area contributed by atoms with Crippen LogP contribution in [0.3, 0.4) is 0 Å². The second-order valence-electron chi connectivity index (χ2n) is 5.96. The Labute approximate surface area is 125 Å². The molecule has 4 nitrogen and oxygen atoms in total. The summed E-state index contributed by atoms with van der Waals surface area (Å²) in [4.78, 5) is 0. The van der Waals surface area contributed by atoms with Crippen molar-refractivity contribution in [2.75, 3.05) is 12.4 Å². The summed E-state index contributed by atoms with van der Waals surface area (Å²) in [5.41, 5.74) is -0.432. The number of primary sulfonamides is 1. The Morgan fingerprint density at radius 3 is 2.19 bits per heavy atom. The zero-order valence-electron chi connectivity index (χ0n) is 12.1. The number of hydrogen-bond donors (Lipinski definition) is 1. The first-order valence-corrected chi connectivity index (χ1v) is 8.99. The van der Waals surface area contributed by atoms with Gasteiger partial charge in [0.25, 0.3) is 0 Å². The van der Waals surface area contributed by atoms with E-state index < -0.39 is 15.4 Å². The Morgan fingerprint density at radius 2 is 1.67 bits per heavy atom. The standard InChI is InChI=1S/C15H22FNO3S/c16-13-5-7-14(8-6-13)20-11-15(12-21(17,18)19)9-3-1-2-4-10-15/h5-8H,1-4,9-12H2,(H2,17,18,19). The topological polar surface area (TPSA) is 69.4 Å². The third kappa shape index (κ3) is 5.28. The van der Waals surface area contributed by atoms with E-state index in [-0.39, 0.29) is 11.6 Å². The van der Waals surface area contributed by atoms with Gasteiger partial charge in [-0.15, -0.1) is 0 Å². The lowest BCUT2D eigenvalue weighted by atomic mass is 9.83. The summed E-state index contributed by atoms with van der Waals surface area (Å²) in [6, 6.07) is 5.76. The third-order valence-corrected chi connectivity index (χ3v) is 5.04. The van der Waals surface area contributed by atoms with Gasteiger partial charge in [-0.3, -0.25) is 0 Å². The zero-order valence-corrected chi connectivity index (χ0v) is 12.9. The van der Waals surface area contributed by atoms with Gasteiger partial charge >= 0.3 is 0 Å². The highest BCUT2D eigenvalue weighted by molar-refractivity contribution is 7.89. The minimum atomic E-state index is -3.55. The van der Waals surface area contributed by atoms with Crippen LogP contribution in [0.5, 0.6) is 5.75 Å². The fraction of sp³-hybridized carbons (Fsp3) is 0.600. The van der Waals surface area contributed by atoms with Crippen molar-refractivity contribution in [1.29, 1.82) is 0 Å². The molecule has 1 saturated carbocycles. The summed E-state index contributed by atoms with van der Waals surface area (Å²) in [5.74, 6) is 0.173. The van der Waals surface area contributed by atoms with E-state index in [0.29, 0.717) is 12.4 Å². The van der Waals surface area contributed by atoms with Gasteiger partial charge in [0.15, 0.2) is 0 Å². The molecule has 0 amide bonds. The molecule has 1 aliphatic rings. The van der Waals surface area contributed by atoms with E-state index in [0.717, 1.165) is 38.5 Å². The van der Waals surface area contributed by atoms with Gasteiger partial charge in [0.2, 0.25) is 10.0 Å². The fourth-order valence-electron chi connectivity index (χ4n) is 3.00. The van der Waals surface area contributed by atoms with Crippen LogP contribution in [0.15, 0.2) is 24.3 Å². The molecule has 0 radical (unpaired) electrons. The van der Waals surface area contributed by atoms with Crippen molar-refractivity contribution < 1.29 is 17.5 Å². The van der Waals surface area contributed by atoms with Crippen molar-refractivity contribution in [3.8, 4) is 5.75 Å². The van der Waals surface area contributed by atoms with Crippen LogP contribution in [0.2, 0.25) is 0 Å². The highest BCUT2D eigenvalue weighted by Crippen LogP contribution is 2.36. The molecule has 21 heavy (non-hydrogen) atoms. The molecule has 1 aromatic rings. The number of hydrogen-bond acceptors (Lipinski definition) is 3. The molecule has 1 fully saturated rings. The first kappa shape index (κ1) is 16.2. The van der Waals surface area contributed by atoms with Gasteiger partial charge in [0.1, 0.15) is 11.6 Å². The predicted molar refractivity (Wildman–Crippen MR) is 80.0 cm³/mol. The van der Waals surface area contributed by atoms with Crippen LogP contribution in [0.4, 0.5) is 4.39 Å². The highest BCUT2D eigenvalue weighted by atomic mass is 32.2. The van der Waals surface area contributed by atoms with Gasteiger partial charge in [0, 0.05) is 5.41 Å². The third-order valence-electron chi connectivity index (χ3n) is 4.03. The van der Waals surface area contributed by atoms with Crippen molar-refractivity contribution in [3.05, 3.63) is 30.1 Å². The van der Waals surface area contributed by atoms with Gasteiger partial charge in [0.05, 0.1) is 12.4 Å². The van der Waals surface area contributed by atoms with E-state index in [1.54, 1.807) is 12.1 Å².